The number of rotatable bonds is 8. The van der Waals surface area contributed by atoms with Crippen molar-refractivity contribution < 1.29 is 18.7 Å². The second kappa shape index (κ2) is 10.3. The first-order valence-electron chi connectivity index (χ1n) is 10.1. The number of amides is 1. The van der Waals surface area contributed by atoms with E-state index < -0.39 is 0 Å². The van der Waals surface area contributed by atoms with Crippen molar-refractivity contribution in [3.63, 3.8) is 0 Å². The lowest BCUT2D eigenvalue weighted by Crippen LogP contribution is -2.37. The van der Waals surface area contributed by atoms with Crippen LogP contribution in [0.25, 0.3) is 0 Å². The fourth-order valence-corrected chi connectivity index (χ4v) is 3.63. The standard InChI is InChI=1S/C21H30N4O4S/c1-21(2,3)17-13-18(25-8-11-28-12-9-25)24-20(23-17)30-14-15-5-6-16(29-15)19(26)22-7-10-27-4/h5-6,13H,7-12,14H2,1-4H3,(H,22,26). The van der Waals surface area contributed by atoms with Gasteiger partial charge in [0.25, 0.3) is 5.91 Å². The highest BCUT2D eigenvalue weighted by molar-refractivity contribution is 7.98. The predicted molar refractivity (Wildman–Crippen MR) is 116 cm³/mol. The minimum atomic E-state index is -0.246. The Kier molecular flexibility index (Phi) is 7.74. The molecule has 0 aliphatic carbocycles. The van der Waals surface area contributed by atoms with Crippen molar-refractivity contribution in [3.8, 4) is 0 Å². The number of thioether (sulfide) groups is 1. The minimum Gasteiger partial charge on any atom is -0.455 e. The lowest BCUT2D eigenvalue weighted by Gasteiger charge is -2.29. The molecule has 1 amide bonds. The molecule has 1 fully saturated rings. The van der Waals surface area contributed by atoms with Crippen LogP contribution in [-0.2, 0) is 20.6 Å². The van der Waals surface area contributed by atoms with E-state index in [1.165, 1.54) is 11.8 Å². The first-order valence-corrected chi connectivity index (χ1v) is 11.1. The molecular formula is C21H30N4O4S. The summed E-state index contributed by atoms with van der Waals surface area (Å²) in [6.07, 6.45) is 0. The van der Waals surface area contributed by atoms with Gasteiger partial charge in [0, 0.05) is 38.2 Å². The second-order valence-electron chi connectivity index (χ2n) is 8.05. The van der Waals surface area contributed by atoms with Gasteiger partial charge >= 0.3 is 0 Å². The number of carbonyl (C=O) groups excluding carboxylic acids is 1. The van der Waals surface area contributed by atoms with Crippen molar-refractivity contribution in [2.75, 3.05) is 51.5 Å². The molecule has 0 unspecified atom stereocenters. The molecule has 164 valence electrons. The third-order valence-corrected chi connectivity index (χ3v) is 5.49. The number of hydrogen-bond acceptors (Lipinski definition) is 8. The largest absolute Gasteiger partial charge is 0.455 e. The molecule has 0 saturated carbocycles. The summed E-state index contributed by atoms with van der Waals surface area (Å²) in [5, 5.41) is 3.45. The van der Waals surface area contributed by atoms with E-state index in [-0.39, 0.29) is 11.3 Å². The van der Waals surface area contributed by atoms with Gasteiger partial charge < -0.3 is 24.1 Å². The van der Waals surface area contributed by atoms with Crippen molar-refractivity contribution >= 4 is 23.5 Å². The normalized spacial score (nSPS) is 14.7. The zero-order valence-corrected chi connectivity index (χ0v) is 18.9. The predicted octanol–water partition coefficient (Wildman–Crippen LogP) is 2.87. The lowest BCUT2D eigenvalue weighted by atomic mass is 9.92. The van der Waals surface area contributed by atoms with Crippen LogP contribution in [-0.4, -0.2) is 62.4 Å². The van der Waals surface area contributed by atoms with Gasteiger partial charge in [-0.15, -0.1) is 0 Å². The molecule has 2 aromatic heterocycles. The van der Waals surface area contributed by atoms with E-state index in [1.807, 2.05) is 6.07 Å². The van der Waals surface area contributed by atoms with Gasteiger partial charge in [0.15, 0.2) is 10.9 Å². The van der Waals surface area contributed by atoms with E-state index in [1.54, 1.807) is 13.2 Å². The third-order valence-electron chi connectivity index (χ3n) is 4.62. The van der Waals surface area contributed by atoms with Gasteiger partial charge in [0.2, 0.25) is 0 Å². The summed E-state index contributed by atoms with van der Waals surface area (Å²) in [5.41, 5.74) is 0.913. The number of ether oxygens (including phenoxy) is 2. The number of hydrogen-bond donors (Lipinski definition) is 1. The van der Waals surface area contributed by atoms with Gasteiger partial charge in [0.1, 0.15) is 11.6 Å². The van der Waals surface area contributed by atoms with Gasteiger partial charge in [-0.25, -0.2) is 9.97 Å². The number of methoxy groups -OCH3 is 1. The van der Waals surface area contributed by atoms with E-state index in [4.69, 9.17) is 23.9 Å². The Morgan fingerprint density at radius 2 is 2.03 bits per heavy atom. The Morgan fingerprint density at radius 1 is 1.27 bits per heavy atom. The molecule has 1 N–H and O–H groups in total. The first-order chi connectivity index (χ1) is 14.4. The van der Waals surface area contributed by atoms with Gasteiger partial charge in [-0.2, -0.15) is 0 Å². The SMILES string of the molecule is COCCNC(=O)c1ccc(CSc2nc(N3CCOCC3)cc(C(C)(C)C)n2)o1. The minimum absolute atomic E-state index is 0.0859. The molecule has 0 spiro atoms. The fraction of sp³-hybridized carbons (Fsp3) is 0.571. The molecule has 0 radical (unpaired) electrons. The Morgan fingerprint density at radius 3 is 2.73 bits per heavy atom. The van der Waals surface area contributed by atoms with Crippen LogP contribution in [0, 0.1) is 0 Å². The molecule has 1 saturated heterocycles. The highest BCUT2D eigenvalue weighted by atomic mass is 32.2. The molecule has 1 aliphatic heterocycles. The van der Waals surface area contributed by atoms with E-state index in [9.17, 15) is 4.79 Å². The molecule has 1 aliphatic rings. The van der Waals surface area contributed by atoms with Crippen LogP contribution in [0.1, 0.15) is 42.8 Å². The van der Waals surface area contributed by atoms with E-state index in [2.05, 4.69) is 37.1 Å². The highest BCUT2D eigenvalue weighted by Gasteiger charge is 2.21. The number of nitrogens with zero attached hydrogens (tertiary/aromatic N) is 3. The summed E-state index contributed by atoms with van der Waals surface area (Å²) >= 11 is 1.50. The summed E-state index contributed by atoms with van der Waals surface area (Å²) < 4.78 is 16.1. The number of morpholine rings is 1. The second-order valence-corrected chi connectivity index (χ2v) is 8.99. The number of carbonyl (C=O) groups is 1. The summed E-state index contributed by atoms with van der Waals surface area (Å²) in [4.78, 5) is 23.8. The van der Waals surface area contributed by atoms with Crippen LogP contribution >= 0.6 is 11.8 Å². The molecule has 8 nitrogen and oxygen atoms in total. The summed E-state index contributed by atoms with van der Waals surface area (Å²) in [6, 6.07) is 5.57. The van der Waals surface area contributed by atoms with E-state index in [0.29, 0.717) is 48.8 Å². The summed E-state index contributed by atoms with van der Waals surface area (Å²) in [5.74, 6) is 2.22. The molecule has 0 bridgehead atoms. The Hall–Kier alpha value is -2.10. The highest BCUT2D eigenvalue weighted by Crippen LogP contribution is 2.29. The van der Waals surface area contributed by atoms with Crippen LogP contribution in [0.3, 0.4) is 0 Å². The lowest BCUT2D eigenvalue weighted by molar-refractivity contribution is 0.0908. The zero-order chi connectivity index (χ0) is 21.6. The summed E-state index contributed by atoms with van der Waals surface area (Å²) in [6.45, 7) is 10.4. The fourth-order valence-electron chi connectivity index (χ4n) is 2.88. The van der Waals surface area contributed by atoms with E-state index >= 15 is 0 Å². The van der Waals surface area contributed by atoms with Gasteiger partial charge in [-0.3, -0.25) is 4.79 Å². The van der Waals surface area contributed by atoms with Gasteiger partial charge in [0.05, 0.1) is 31.3 Å². The zero-order valence-electron chi connectivity index (χ0n) is 18.1. The molecule has 0 aromatic carbocycles. The maximum atomic E-state index is 12.1. The first kappa shape index (κ1) is 22.6. The topological polar surface area (TPSA) is 89.7 Å². The number of anilines is 1. The van der Waals surface area contributed by atoms with Crippen molar-refractivity contribution in [2.45, 2.75) is 37.1 Å². The molecular weight excluding hydrogens is 404 g/mol. The number of aromatic nitrogens is 2. The molecule has 3 heterocycles. The molecule has 3 rings (SSSR count). The van der Waals surface area contributed by atoms with Gasteiger partial charge in [-0.05, 0) is 12.1 Å². The quantitative estimate of drug-likeness (QED) is 0.385. The van der Waals surface area contributed by atoms with Crippen molar-refractivity contribution in [2.24, 2.45) is 0 Å². The monoisotopic (exact) mass is 434 g/mol. The van der Waals surface area contributed by atoms with Crippen molar-refractivity contribution in [1.82, 2.24) is 15.3 Å². The van der Waals surface area contributed by atoms with Crippen LogP contribution in [0.2, 0.25) is 0 Å². The van der Waals surface area contributed by atoms with Crippen LogP contribution < -0.4 is 10.2 Å². The summed E-state index contributed by atoms with van der Waals surface area (Å²) in [7, 11) is 1.59. The average Bonchev–Trinajstić information content (AvgIpc) is 3.21. The third kappa shape index (κ3) is 6.20. The maximum Gasteiger partial charge on any atom is 0.287 e. The maximum absolute atomic E-state index is 12.1. The molecule has 30 heavy (non-hydrogen) atoms. The van der Waals surface area contributed by atoms with Crippen LogP contribution in [0.15, 0.2) is 27.8 Å². The van der Waals surface area contributed by atoms with Crippen LogP contribution in [0.5, 0.6) is 0 Å². The number of nitrogens with one attached hydrogen (secondary N) is 1. The van der Waals surface area contributed by atoms with Crippen LogP contribution in [0.4, 0.5) is 5.82 Å². The number of furan rings is 1. The van der Waals surface area contributed by atoms with Crippen molar-refractivity contribution in [1.29, 1.82) is 0 Å². The Labute approximate surface area is 181 Å². The molecule has 0 atom stereocenters. The van der Waals surface area contributed by atoms with Gasteiger partial charge in [-0.1, -0.05) is 32.5 Å². The Balaban J connectivity index is 1.69. The smallest absolute Gasteiger partial charge is 0.287 e. The molecule has 9 heteroatoms. The molecule has 2 aromatic rings. The van der Waals surface area contributed by atoms with Crippen molar-refractivity contribution in [3.05, 3.63) is 35.4 Å². The Bertz CT molecular complexity index is 844. The average molecular weight is 435 g/mol. The van der Waals surface area contributed by atoms with E-state index in [0.717, 1.165) is 24.6 Å².